The molecule has 1 saturated carbocycles. The third-order valence-electron chi connectivity index (χ3n) is 4.19. The Morgan fingerprint density at radius 2 is 2.08 bits per heavy atom. The van der Waals surface area contributed by atoms with E-state index in [4.69, 9.17) is 12.2 Å². The lowest BCUT2D eigenvalue weighted by Gasteiger charge is -2.08. The number of hydrogen-bond acceptors (Lipinski definition) is 3. The van der Waals surface area contributed by atoms with Gasteiger partial charge in [-0.2, -0.15) is 18.3 Å². The van der Waals surface area contributed by atoms with Gasteiger partial charge in [0.25, 0.3) is 0 Å². The highest BCUT2D eigenvalue weighted by Crippen LogP contribution is 2.48. The number of nitrogens with one attached hydrogen (secondary N) is 2. The van der Waals surface area contributed by atoms with Gasteiger partial charge in [0.15, 0.2) is 10.6 Å². The van der Waals surface area contributed by atoms with Crippen molar-refractivity contribution in [3.63, 3.8) is 0 Å². The molecule has 1 aliphatic rings. The van der Waals surface area contributed by atoms with Crippen LogP contribution in [0.2, 0.25) is 0 Å². The smallest absolute Gasteiger partial charge is 0.349 e. The lowest BCUT2D eigenvalue weighted by Crippen LogP contribution is -2.26. The van der Waals surface area contributed by atoms with Crippen molar-refractivity contribution in [3.05, 3.63) is 46.0 Å². The fourth-order valence-corrected chi connectivity index (χ4v) is 2.76. The number of nitrogens with zero attached hydrogens (tertiary/aromatic N) is 2. The molecule has 1 amide bonds. The minimum Gasteiger partial charge on any atom is -0.349 e. The number of H-pyrrole nitrogens is 1. The van der Waals surface area contributed by atoms with Gasteiger partial charge >= 0.3 is 6.18 Å². The van der Waals surface area contributed by atoms with E-state index < -0.39 is 11.7 Å². The van der Waals surface area contributed by atoms with E-state index in [1.807, 2.05) is 0 Å². The highest BCUT2D eigenvalue weighted by molar-refractivity contribution is 7.71. The van der Waals surface area contributed by atoms with Gasteiger partial charge in [-0.3, -0.25) is 9.89 Å². The van der Waals surface area contributed by atoms with Crippen molar-refractivity contribution < 1.29 is 18.0 Å². The van der Waals surface area contributed by atoms with Gasteiger partial charge in [0.05, 0.1) is 12.1 Å². The molecule has 0 bridgehead atoms. The first-order valence-electron chi connectivity index (χ1n) is 7.32. The summed E-state index contributed by atoms with van der Waals surface area (Å²) in [4.78, 5) is 12.1. The molecule has 1 aromatic heterocycles. The van der Waals surface area contributed by atoms with Gasteiger partial charge < -0.3 is 9.88 Å². The van der Waals surface area contributed by atoms with Gasteiger partial charge in [-0.25, -0.2) is 0 Å². The molecule has 0 saturated heterocycles. The molecule has 2 atom stereocenters. The second kappa shape index (κ2) is 6.04. The highest BCUT2D eigenvalue weighted by Gasteiger charge is 2.44. The Labute approximate surface area is 140 Å². The minimum absolute atomic E-state index is 0.0327. The summed E-state index contributed by atoms with van der Waals surface area (Å²) >= 11 is 4.99. The highest BCUT2D eigenvalue weighted by atomic mass is 32.1. The van der Waals surface area contributed by atoms with Crippen LogP contribution >= 0.6 is 12.2 Å². The van der Waals surface area contributed by atoms with Crippen LogP contribution in [0.5, 0.6) is 0 Å². The zero-order valence-corrected chi connectivity index (χ0v) is 13.5. The van der Waals surface area contributed by atoms with Gasteiger partial charge in [-0.05, 0) is 42.3 Å². The first-order chi connectivity index (χ1) is 11.3. The van der Waals surface area contributed by atoms with E-state index >= 15 is 0 Å². The molecule has 9 heteroatoms. The van der Waals surface area contributed by atoms with Crippen molar-refractivity contribution in [2.75, 3.05) is 0 Å². The van der Waals surface area contributed by atoms with Crippen LogP contribution in [-0.4, -0.2) is 20.7 Å². The largest absolute Gasteiger partial charge is 0.416 e. The van der Waals surface area contributed by atoms with Crippen molar-refractivity contribution >= 4 is 18.1 Å². The van der Waals surface area contributed by atoms with E-state index in [2.05, 4.69) is 15.5 Å². The monoisotopic (exact) mass is 356 g/mol. The number of hydrogen-bond donors (Lipinski definition) is 2. The normalized spacial score (nSPS) is 20.0. The summed E-state index contributed by atoms with van der Waals surface area (Å²) in [5.41, 5.74) is 0.0694. The van der Waals surface area contributed by atoms with Gasteiger partial charge in [-0.1, -0.05) is 12.1 Å². The number of alkyl halides is 3. The minimum atomic E-state index is -4.35. The number of benzene rings is 1. The van der Waals surface area contributed by atoms with Crippen LogP contribution in [0.1, 0.15) is 29.3 Å². The number of aromatic amines is 1. The zero-order chi connectivity index (χ0) is 17.5. The summed E-state index contributed by atoms with van der Waals surface area (Å²) in [6.07, 6.45) is -3.71. The lowest BCUT2D eigenvalue weighted by molar-refractivity contribution is -0.137. The molecule has 3 rings (SSSR count). The van der Waals surface area contributed by atoms with Crippen molar-refractivity contribution in [2.24, 2.45) is 13.0 Å². The van der Waals surface area contributed by atoms with E-state index in [9.17, 15) is 18.0 Å². The summed E-state index contributed by atoms with van der Waals surface area (Å²) in [7, 11) is 1.75. The average molecular weight is 356 g/mol. The Bertz CT molecular complexity index is 809. The molecule has 0 unspecified atom stereocenters. The van der Waals surface area contributed by atoms with E-state index in [0.717, 1.165) is 17.7 Å². The molecule has 0 aliphatic heterocycles. The van der Waals surface area contributed by atoms with Crippen LogP contribution in [0.15, 0.2) is 24.3 Å². The van der Waals surface area contributed by atoms with Gasteiger partial charge in [0, 0.05) is 13.0 Å². The van der Waals surface area contributed by atoms with E-state index in [1.54, 1.807) is 11.6 Å². The number of aromatic nitrogens is 3. The first kappa shape index (κ1) is 16.7. The molecule has 1 aliphatic carbocycles. The summed E-state index contributed by atoms with van der Waals surface area (Å²) in [6.45, 7) is 0.249. The van der Waals surface area contributed by atoms with Crippen LogP contribution in [0.25, 0.3) is 0 Å². The van der Waals surface area contributed by atoms with Crippen LogP contribution in [-0.2, 0) is 24.6 Å². The number of rotatable bonds is 4. The molecule has 5 nitrogen and oxygen atoms in total. The Balaban J connectivity index is 1.57. The van der Waals surface area contributed by atoms with Crippen molar-refractivity contribution in [1.29, 1.82) is 0 Å². The Kier molecular flexibility index (Phi) is 4.20. The summed E-state index contributed by atoms with van der Waals surface area (Å²) in [5, 5.41) is 9.41. The number of carbonyl (C=O) groups is 1. The van der Waals surface area contributed by atoms with E-state index in [1.165, 1.54) is 12.1 Å². The number of halogens is 3. The number of carbonyl (C=O) groups excluding carboxylic acids is 1. The molecule has 0 radical (unpaired) electrons. The zero-order valence-electron chi connectivity index (χ0n) is 12.7. The van der Waals surface area contributed by atoms with Crippen molar-refractivity contribution in [3.8, 4) is 0 Å². The van der Waals surface area contributed by atoms with Crippen LogP contribution < -0.4 is 5.32 Å². The second-order valence-electron chi connectivity index (χ2n) is 5.79. The molecule has 24 heavy (non-hydrogen) atoms. The SMILES string of the molecule is Cn1c(CNC(=O)[C@H]2C[C@@H]2c2ccc(C(F)(F)F)cc2)n[nH]c1=S. The Morgan fingerprint density at radius 1 is 1.42 bits per heavy atom. The Morgan fingerprint density at radius 3 is 2.62 bits per heavy atom. The fourth-order valence-electron chi connectivity index (χ4n) is 2.61. The molecule has 1 fully saturated rings. The second-order valence-corrected chi connectivity index (χ2v) is 6.18. The first-order valence-corrected chi connectivity index (χ1v) is 7.73. The molecular formula is C15H15F3N4OS. The molecule has 128 valence electrons. The maximum Gasteiger partial charge on any atom is 0.416 e. The Hall–Kier alpha value is -2.16. The topological polar surface area (TPSA) is 62.7 Å². The third kappa shape index (κ3) is 3.35. The lowest BCUT2D eigenvalue weighted by atomic mass is 10.1. The van der Waals surface area contributed by atoms with Crippen LogP contribution in [0, 0.1) is 10.7 Å². The maximum absolute atomic E-state index is 12.6. The molecule has 0 spiro atoms. The summed E-state index contributed by atoms with van der Waals surface area (Å²) < 4.78 is 39.8. The maximum atomic E-state index is 12.6. The molecule has 2 N–H and O–H groups in total. The summed E-state index contributed by atoms with van der Waals surface area (Å²) in [6, 6.07) is 4.99. The molecule has 1 aromatic carbocycles. The average Bonchev–Trinajstić information content (AvgIpc) is 3.27. The standard InChI is InChI=1S/C15H15F3N4OS/c1-22-12(20-21-14(22)24)7-19-13(23)11-6-10(11)8-2-4-9(5-3-8)15(16,17)18/h2-5,10-11H,6-7H2,1H3,(H,19,23)(H,21,24)/t10-,11+/m1/s1. The number of amides is 1. The van der Waals surface area contributed by atoms with Gasteiger partial charge in [0.2, 0.25) is 5.91 Å². The van der Waals surface area contributed by atoms with Crippen molar-refractivity contribution in [1.82, 2.24) is 20.1 Å². The summed E-state index contributed by atoms with van der Waals surface area (Å²) in [5.74, 6) is 0.234. The fraction of sp³-hybridized carbons (Fsp3) is 0.400. The van der Waals surface area contributed by atoms with Crippen molar-refractivity contribution in [2.45, 2.75) is 25.1 Å². The molecular weight excluding hydrogens is 341 g/mol. The molecule has 2 aromatic rings. The predicted octanol–water partition coefficient (Wildman–Crippen LogP) is 2.92. The van der Waals surface area contributed by atoms with Gasteiger partial charge in [0.1, 0.15) is 0 Å². The van der Waals surface area contributed by atoms with Gasteiger partial charge in [-0.15, -0.1) is 0 Å². The predicted molar refractivity (Wildman–Crippen MR) is 82.5 cm³/mol. The quantitative estimate of drug-likeness (QED) is 0.828. The molecule has 1 heterocycles. The van der Waals surface area contributed by atoms with E-state index in [0.29, 0.717) is 17.0 Å². The third-order valence-corrected chi connectivity index (χ3v) is 4.55. The van der Waals surface area contributed by atoms with E-state index in [-0.39, 0.29) is 24.3 Å². The van der Waals surface area contributed by atoms with Crippen LogP contribution in [0.3, 0.4) is 0 Å². The van der Waals surface area contributed by atoms with Crippen LogP contribution in [0.4, 0.5) is 13.2 Å².